The van der Waals surface area contributed by atoms with Crippen molar-refractivity contribution in [1.29, 1.82) is 0 Å². The molecule has 2 aromatic carbocycles. The molecule has 0 aromatic heterocycles. The van der Waals surface area contributed by atoms with E-state index in [0.717, 1.165) is 30.9 Å². The van der Waals surface area contributed by atoms with Crippen molar-refractivity contribution in [2.45, 2.75) is 32.2 Å². The van der Waals surface area contributed by atoms with E-state index in [1.165, 1.54) is 17.7 Å². The number of benzene rings is 2. The molecule has 0 aliphatic rings. The van der Waals surface area contributed by atoms with Gasteiger partial charge in [-0.15, -0.1) is 0 Å². The van der Waals surface area contributed by atoms with Crippen LogP contribution in [0, 0.1) is 11.6 Å². The lowest BCUT2D eigenvalue weighted by molar-refractivity contribution is 0.566. The zero-order valence-corrected chi connectivity index (χ0v) is 11.6. The van der Waals surface area contributed by atoms with Crippen LogP contribution in [-0.4, -0.2) is 0 Å². The van der Waals surface area contributed by atoms with Gasteiger partial charge in [0.05, 0.1) is 6.04 Å². The van der Waals surface area contributed by atoms with E-state index in [2.05, 4.69) is 6.92 Å². The largest absolute Gasteiger partial charge is 0.320 e. The van der Waals surface area contributed by atoms with Crippen LogP contribution in [0.4, 0.5) is 8.78 Å². The number of nitrogens with two attached hydrogens (primary N) is 1. The summed E-state index contributed by atoms with van der Waals surface area (Å²) in [7, 11) is 0. The summed E-state index contributed by atoms with van der Waals surface area (Å²) in [5, 5.41) is 0. The van der Waals surface area contributed by atoms with Crippen LogP contribution in [0.2, 0.25) is 0 Å². The van der Waals surface area contributed by atoms with Gasteiger partial charge in [0.1, 0.15) is 11.6 Å². The first-order valence-corrected chi connectivity index (χ1v) is 6.91. The number of halogens is 2. The predicted molar refractivity (Wildman–Crippen MR) is 77.4 cm³/mol. The summed E-state index contributed by atoms with van der Waals surface area (Å²) in [6.07, 6.45) is 3.34. The summed E-state index contributed by atoms with van der Waals surface area (Å²) in [5.74, 6) is -1.19. The van der Waals surface area contributed by atoms with Crippen LogP contribution in [0.25, 0.3) is 0 Å². The minimum absolute atomic E-state index is 0.313. The highest BCUT2D eigenvalue weighted by Crippen LogP contribution is 2.23. The minimum Gasteiger partial charge on any atom is -0.320 e. The Kier molecular flexibility index (Phi) is 4.85. The second-order valence-electron chi connectivity index (χ2n) is 4.99. The molecule has 0 heterocycles. The van der Waals surface area contributed by atoms with Crippen molar-refractivity contribution in [3.63, 3.8) is 0 Å². The summed E-state index contributed by atoms with van der Waals surface area (Å²) in [4.78, 5) is 0. The van der Waals surface area contributed by atoms with Crippen molar-refractivity contribution in [2.75, 3.05) is 0 Å². The Morgan fingerprint density at radius 2 is 1.75 bits per heavy atom. The van der Waals surface area contributed by atoms with Gasteiger partial charge in [-0.05, 0) is 30.0 Å². The number of hydrogen-bond acceptors (Lipinski definition) is 1. The third-order valence-corrected chi connectivity index (χ3v) is 3.46. The Hall–Kier alpha value is -1.74. The Morgan fingerprint density at radius 3 is 2.35 bits per heavy atom. The lowest BCUT2D eigenvalue weighted by atomic mass is 9.97. The van der Waals surface area contributed by atoms with Gasteiger partial charge in [0.25, 0.3) is 0 Å². The van der Waals surface area contributed by atoms with Crippen molar-refractivity contribution in [3.05, 3.63) is 70.8 Å². The average Bonchev–Trinajstić information content (AvgIpc) is 2.45. The molecule has 0 aliphatic carbocycles. The lowest BCUT2D eigenvalue weighted by Crippen LogP contribution is -2.13. The Balaban J connectivity index is 2.18. The average molecular weight is 275 g/mol. The zero-order chi connectivity index (χ0) is 14.5. The van der Waals surface area contributed by atoms with E-state index in [-0.39, 0.29) is 0 Å². The molecule has 1 unspecified atom stereocenters. The van der Waals surface area contributed by atoms with Gasteiger partial charge in [-0.3, -0.25) is 0 Å². The molecule has 0 saturated carbocycles. The van der Waals surface area contributed by atoms with Crippen LogP contribution in [0.15, 0.2) is 42.5 Å². The predicted octanol–water partition coefficient (Wildman–Crippen LogP) is 4.36. The molecule has 106 valence electrons. The third kappa shape index (κ3) is 3.42. The Labute approximate surface area is 118 Å². The van der Waals surface area contributed by atoms with Crippen LogP contribution in [0.1, 0.15) is 42.5 Å². The minimum atomic E-state index is -0.604. The first-order valence-electron chi connectivity index (χ1n) is 6.91. The van der Waals surface area contributed by atoms with Gasteiger partial charge in [0.2, 0.25) is 0 Å². The molecule has 0 bridgehead atoms. The molecule has 2 rings (SSSR count). The second-order valence-corrected chi connectivity index (χ2v) is 4.99. The van der Waals surface area contributed by atoms with E-state index in [1.54, 1.807) is 0 Å². The molecule has 0 spiro atoms. The summed E-state index contributed by atoms with van der Waals surface area (Å²) < 4.78 is 26.6. The number of hydrogen-bond donors (Lipinski definition) is 1. The van der Waals surface area contributed by atoms with Gasteiger partial charge in [-0.2, -0.15) is 0 Å². The van der Waals surface area contributed by atoms with Crippen LogP contribution in [0.3, 0.4) is 0 Å². The molecule has 1 nitrogen and oxygen atoms in total. The van der Waals surface area contributed by atoms with Crippen LogP contribution in [-0.2, 0) is 6.42 Å². The molecule has 0 radical (unpaired) electrons. The normalized spacial score (nSPS) is 12.4. The van der Waals surface area contributed by atoms with Gasteiger partial charge < -0.3 is 5.73 Å². The first kappa shape index (κ1) is 14.7. The molecule has 20 heavy (non-hydrogen) atoms. The maximum atomic E-state index is 13.7. The molecular weight excluding hydrogens is 256 g/mol. The molecule has 2 N–H and O–H groups in total. The Morgan fingerprint density at radius 1 is 1.05 bits per heavy atom. The quantitative estimate of drug-likeness (QED) is 0.862. The number of aryl methyl sites for hydroxylation is 1. The summed E-state index contributed by atoms with van der Waals surface area (Å²) in [6.45, 7) is 2.15. The molecule has 0 aliphatic heterocycles. The topological polar surface area (TPSA) is 26.0 Å². The van der Waals surface area contributed by atoms with Crippen LogP contribution >= 0.6 is 0 Å². The van der Waals surface area contributed by atoms with Crippen molar-refractivity contribution in [3.8, 4) is 0 Å². The number of unbranched alkanes of at least 4 members (excludes halogenated alkanes) is 1. The highest BCUT2D eigenvalue weighted by molar-refractivity contribution is 5.34. The van der Waals surface area contributed by atoms with Crippen molar-refractivity contribution in [2.24, 2.45) is 5.73 Å². The standard InChI is InChI=1S/C17H19F2N/c1-2-3-4-12-5-7-13(8-6-12)17(20)15-10-9-14(18)11-16(15)19/h5-11,17H,2-4,20H2,1H3. The maximum Gasteiger partial charge on any atom is 0.131 e. The maximum absolute atomic E-state index is 13.7. The van der Waals surface area contributed by atoms with Gasteiger partial charge in [0, 0.05) is 11.6 Å². The molecule has 0 amide bonds. The number of rotatable bonds is 5. The zero-order valence-electron chi connectivity index (χ0n) is 11.6. The highest BCUT2D eigenvalue weighted by Gasteiger charge is 2.14. The molecule has 3 heteroatoms. The molecule has 0 fully saturated rings. The summed E-state index contributed by atoms with van der Waals surface area (Å²) >= 11 is 0. The van der Waals surface area contributed by atoms with Crippen LogP contribution in [0.5, 0.6) is 0 Å². The SMILES string of the molecule is CCCCc1ccc(C(N)c2ccc(F)cc2F)cc1. The van der Waals surface area contributed by atoms with Crippen molar-refractivity contribution >= 4 is 0 Å². The van der Waals surface area contributed by atoms with Crippen LogP contribution < -0.4 is 5.73 Å². The summed E-state index contributed by atoms with van der Waals surface area (Å²) in [6, 6.07) is 10.8. The fraction of sp³-hybridized carbons (Fsp3) is 0.294. The highest BCUT2D eigenvalue weighted by atomic mass is 19.1. The van der Waals surface area contributed by atoms with E-state index in [9.17, 15) is 8.78 Å². The molecule has 1 atom stereocenters. The molecule has 2 aromatic rings. The van der Waals surface area contributed by atoms with Crippen molar-refractivity contribution < 1.29 is 8.78 Å². The smallest absolute Gasteiger partial charge is 0.131 e. The Bertz CT molecular complexity index is 564. The van der Waals surface area contributed by atoms with Gasteiger partial charge in [0.15, 0.2) is 0 Å². The fourth-order valence-corrected chi connectivity index (χ4v) is 2.21. The van der Waals surface area contributed by atoms with E-state index in [1.807, 2.05) is 24.3 Å². The monoisotopic (exact) mass is 275 g/mol. The molecule has 0 saturated heterocycles. The van der Waals surface area contributed by atoms with Crippen molar-refractivity contribution in [1.82, 2.24) is 0 Å². The van der Waals surface area contributed by atoms with E-state index in [4.69, 9.17) is 5.73 Å². The van der Waals surface area contributed by atoms with Gasteiger partial charge >= 0.3 is 0 Å². The van der Waals surface area contributed by atoms with E-state index >= 15 is 0 Å². The van der Waals surface area contributed by atoms with Gasteiger partial charge in [-0.25, -0.2) is 8.78 Å². The molecular formula is C17H19F2N. The van der Waals surface area contributed by atoms with E-state index in [0.29, 0.717) is 5.56 Å². The van der Waals surface area contributed by atoms with E-state index < -0.39 is 17.7 Å². The second kappa shape index (κ2) is 6.62. The fourth-order valence-electron chi connectivity index (χ4n) is 2.21. The summed E-state index contributed by atoms with van der Waals surface area (Å²) in [5.41, 5.74) is 8.45. The third-order valence-electron chi connectivity index (χ3n) is 3.46. The lowest BCUT2D eigenvalue weighted by Gasteiger charge is -2.14. The first-order chi connectivity index (χ1) is 9.61. The van der Waals surface area contributed by atoms with Gasteiger partial charge in [-0.1, -0.05) is 43.7 Å².